The first kappa shape index (κ1) is 14.4. The van der Waals surface area contributed by atoms with Gasteiger partial charge in [-0.3, -0.25) is 4.79 Å². The number of fused-ring (bicyclic) bond motifs is 2. The van der Waals surface area contributed by atoms with Crippen molar-refractivity contribution in [2.45, 2.75) is 13.0 Å². The Morgan fingerprint density at radius 1 is 1.30 bits per heavy atom. The molecule has 0 saturated carbocycles. The number of nitrogens with two attached hydrogens (primary N) is 1. The Bertz CT molecular complexity index is 902. The van der Waals surface area contributed by atoms with Gasteiger partial charge in [0.25, 0.3) is 4.83 Å². The Labute approximate surface area is 138 Å². The number of pyridine rings is 1. The van der Waals surface area contributed by atoms with E-state index in [1.807, 2.05) is 30.3 Å². The van der Waals surface area contributed by atoms with Crippen LogP contribution in [-0.4, -0.2) is 19.4 Å². The topological polar surface area (TPSA) is 61.7 Å². The molecular formula is C18H19N3OS+2. The number of carbonyl (C=O) groups excluding carboxylic acids is 1. The number of nitrogens with one attached hydrogen (secondary N) is 2. The van der Waals surface area contributed by atoms with Crippen molar-refractivity contribution < 1.29 is 14.7 Å². The number of ketones is 1. The van der Waals surface area contributed by atoms with E-state index in [0.29, 0.717) is 16.1 Å². The lowest BCUT2D eigenvalue weighted by Crippen LogP contribution is -3.08. The quantitative estimate of drug-likeness (QED) is 0.693. The monoisotopic (exact) mass is 325 g/mol. The van der Waals surface area contributed by atoms with Gasteiger partial charge in [-0.1, -0.05) is 41.7 Å². The minimum absolute atomic E-state index is 0.00147. The van der Waals surface area contributed by atoms with Crippen LogP contribution in [0.4, 0.5) is 5.69 Å². The zero-order chi connectivity index (χ0) is 16.0. The molecule has 0 radical (unpaired) electrons. The lowest BCUT2D eigenvalue weighted by molar-refractivity contribution is -0.896. The summed E-state index contributed by atoms with van der Waals surface area (Å²) in [5, 5.41) is 0.975. The van der Waals surface area contributed by atoms with Crippen LogP contribution in [0.3, 0.4) is 0 Å². The number of thiophene rings is 1. The summed E-state index contributed by atoms with van der Waals surface area (Å²) in [6.07, 6.45) is 1.04. The number of quaternary nitrogens is 1. The number of benzene rings is 1. The van der Waals surface area contributed by atoms with Crippen molar-refractivity contribution in [3.05, 3.63) is 58.1 Å². The zero-order valence-corrected chi connectivity index (χ0v) is 13.8. The summed E-state index contributed by atoms with van der Waals surface area (Å²) < 4.78 is 0. The molecule has 1 unspecified atom stereocenters. The van der Waals surface area contributed by atoms with E-state index >= 15 is 0 Å². The smallest absolute Gasteiger partial charge is 0.270 e. The van der Waals surface area contributed by atoms with Crippen molar-refractivity contribution in [2.24, 2.45) is 0 Å². The van der Waals surface area contributed by atoms with E-state index in [4.69, 9.17) is 5.73 Å². The summed E-state index contributed by atoms with van der Waals surface area (Å²) in [5.41, 5.74) is 10.2. The predicted molar refractivity (Wildman–Crippen MR) is 91.8 cm³/mol. The second-order valence-electron chi connectivity index (χ2n) is 6.19. The third-order valence-corrected chi connectivity index (χ3v) is 5.63. The Morgan fingerprint density at radius 3 is 2.87 bits per heavy atom. The minimum Gasteiger partial charge on any atom is -0.397 e. The Hall–Kier alpha value is -2.24. The Kier molecular flexibility index (Phi) is 3.39. The molecule has 2 aromatic heterocycles. The molecule has 0 fully saturated rings. The highest BCUT2D eigenvalue weighted by Crippen LogP contribution is 2.33. The van der Waals surface area contributed by atoms with Crippen LogP contribution >= 0.6 is 11.3 Å². The maximum atomic E-state index is 12.7. The second-order valence-corrected chi connectivity index (χ2v) is 7.21. The number of carbonyl (C=O) groups is 1. The highest BCUT2D eigenvalue weighted by molar-refractivity contribution is 7.21. The van der Waals surface area contributed by atoms with Gasteiger partial charge >= 0.3 is 0 Å². The number of nitrogen functional groups attached to an aromatic ring is 1. The van der Waals surface area contributed by atoms with E-state index < -0.39 is 0 Å². The van der Waals surface area contributed by atoms with Gasteiger partial charge in [-0.25, -0.2) is 0 Å². The molecule has 116 valence electrons. The fourth-order valence-corrected chi connectivity index (χ4v) is 4.28. The van der Waals surface area contributed by atoms with Crippen LogP contribution in [0.5, 0.6) is 0 Å². The van der Waals surface area contributed by atoms with E-state index in [1.165, 1.54) is 27.5 Å². The summed E-state index contributed by atoms with van der Waals surface area (Å²) in [6, 6.07) is 11.5. The molecule has 1 atom stereocenters. The number of aromatic nitrogens is 1. The van der Waals surface area contributed by atoms with E-state index in [1.54, 1.807) is 0 Å². The molecular weight excluding hydrogens is 306 g/mol. The number of rotatable bonds is 2. The summed E-state index contributed by atoms with van der Waals surface area (Å²) in [5.74, 6) is -0.00147. The highest BCUT2D eigenvalue weighted by Gasteiger charge is 2.27. The van der Waals surface area contributed by atoms with Crippen LogP contribution in [0.25, 0.3) is 10.2 Å². The molecule has 1 aliphatic heterocycles. The van der Waals surface area contributed by atoms with Gasteiger partial charge in [-0.05, 0) is 6.07 Å². The van der Waals surface area contributed by atoms with E-state index in [9.17, 15) is 4.79 Å². The largest absolute Gasteiger partial charge is 0.397 e. The third kappa shape index (κ3) is 2.42. The molecule has 4 N–H and O–H groups in total. The summed E-state index contributed by atoms with van der Waals surface area (Å²) in [7, 11) is 2.20. The molecule has 0 spiro atoms. The van der Waals surface area contributed by atoms with Crippen LogP contribution in [0.2, 0.25) is 0 Å². The van der Waals surface area contributed by atoms with Crippen molar-refractivity contribution in [2.75, 3.05) is 19.3 Å². The van der Waals surface area contributed by atoms with Gasteiger partial charge in [-0.2, -0.15) is 4.98 Å². The molecule has 0 saturated heterocycles. The molecule has 1 aromatic carbocycles. The molecule has 0 bridgehead atoms. The standard InChI is InChI=1S/C18H17N3OS/c1-21-8-7-14-12(10-21)9-13-15(19)17(23-18(13)20-14)16(22)11-5-3-2-4-6-11/h2-6,9H,7-8,10,19H2,1H3/p+2. The van der Waals surface area contributed by atoms with Gasteiger partial charge in [0.2, 0.25) is 5.78 Å². The number of anilines is 1. The molecule has 23 heavy (non-hydrogen) atoms. The number of H-pyrrole nitrogens is 1. The molecule has 0 amide bonds. The lowest BCUT2D eigenvalue weighted by Gasteiger charge is -2.18. The number of hydrogen-bond acceptors (Lipinski definition) is 3. The lowest BCUT2D eigenvalue weighted by atomic mass is 10.0. The SMILES string of the molecule is C[NH+]1CCc2[nH+]c3sc(C(=O)c4ccccc4)c(N)c3cc2C1. The first-order chi connectivity index (χ1) is 11.1. The molecule has 4 nitrogen and oxygen atoms in total. The fraction of sp³-hybridized carbons (Fsp3) is 0.222. The summed E-state index contributed by atoms with van der Waals surface area (Å²) in [6.45, 7) is 2.13. The highest BCUT2D eigenvalue weighted by atomic mass is 32.1. The Morgan fingerprint density at radius 2 is 2.09 bits per heavy atom. The number of aromatic amines is 1. The second kappa shape index (κ2) is 5.44. The van der Waals surface area contributed by atoms with E-state index in [-0.39, 0.29) is 5.78 Å². The van der Waals surface area contributed by atoms with Gasteiger partial charge in [-0.15, -0.1) is 0 Å². The van der Waals surface area contributed by atoms with Crippen molar-refractivity contribution in [3.63, 3.8) is 0 Å². The normalized spacial score (nSPS) is 17.2. The number of likely N-dealkylation sites (N-methyl/N-ethyl adjacent to an activating group) is 1. The van der Waals surface area contributed by atoms with E-state index in [2.05, 4.69) is 18.1 Å². The zero-order valence-electron chi connectivity index (χ0n) is 13.0. The predicted octanol–water partition coefficient (Wildman–Crippen LogP) is 1.10. The summed E-state index contributed by atoms with van der Waals surface area (Å²) in [4.78, 5) is 19.4. The van der Waals surface area contributed by atoms with E-state index in [0.717, 1.165) is 29.7 Å². The minimum atomic E-state index is -0.00147. The molecule has 3 heterocycles. The van der Waals surface area contributed by atoms with Gasteiger partial charge in [0.1, 0.15) is 11.4 Å². The van der Waals surface area contributed by atoms with Crippen LogP contribution in [0.1, 0.15) is 26.5 Å². The number of hydrogen-bond donors (Lipinski definition) is 2. The van der Waals surface area contributed by atoms with Gasteiger partial charge in [0.15, 0.2) is 5.69 Å². The molecule has 5 heteroatoms. The maximum absolute atomic E-state index is 12.7. The van der Waals surface area contributed by atoms with Crippen molar-refractivity contribution in [1.82, 2.24) is 0 Å². The van der Waals surface area contributed by atoms with Crippen molar-refractivity contribution >= 4 is 33.0 Å². The van der Waals surface area contributed by atoms with Crippen LogP contribution in [-0.2, 0) is 13.0 Å². The van der Waals surface area contributed by atoms with Gasteiger partial charge in [0.05, 0.1) is 36.7 Å². The molecule has 1 aliphatic rings. The maximum Gasteiger partial charge on any atom is 0.270 e. The third-order valence-electron chi connectivity index (χ3n) is 4.49. The first-order valence-electron chi connectivity index (χ1n) is 7.80. The van der Waals surface area contributed by atoms with Gasteiger partial charge < -0.3 is 10.6 Å². The average molecular weight is 325 g/mol. The first-order valence-corrected chi connectivity index (χ1v) is 8.62. The van der Waals surface area contributed by atoms with Crippen molar-refractivity contribution in [3.8, 4) is 0 Å². The Balaban J connectivity index is 1.83. The van der Waals surface area contributed by atoms with Crippen LogP contribution in [0, 0.1) is 0 Å². The van der Waals surface area contributed by atoms with Gasteiger partial charge in [0, 0.05) is 5.56 Å². The molecule has 4 rings (SSSR count). The molecule has 0 aliphatic carbocycles. The van der Waals surface area contributed by atoms with Crippen LogP contribution < -0.4 is 15.6 Å². The fourth-order valence-electron chi connectivity index (χ4n) is 3.19. The summed E-state index contributed by atoms with van der Waals surface area (Å²) >= 11 is 1.46. The van der Waals surface area contributed by atoms with Crippen LogP contribution in [0.15, 0.2) is 36.4 Å². The molecule has 3 aromatic rings. The average Bonchev–Trinajstić information content (AvgIpc) is 2.89. The van der Waals surface area contributed by atoms with Crippen molar-refractivity contribution in [1.29, 1.82) is 0 Å².